The summed E-state index contributed by atoms with van der Waals surface area (Å²) in [5, 5.41) is 0. The van der Waals surface area contributed by atoms with E-state index in [2.05, 4.69) is 36.8 Å². The van der Waals surface area contributed by atoms with E-state index < -0.39 is 0 Å². The Morgan fingerprint density at radius 2 is 2.08 bits per heavy atom. The number of aromatic nitrogens is 1. The van der Waals surface area contributed by atoms with E-state index in [0.29, 0.717) is 0 Å². The second-order valence-electron chi connectivity index (χ2n) is 2.44. The molecule has 2 aromatic heterocycles. The van der Waals surface area contributed by atoms with E-state index in [1.807, 2.05) is 18.2 Å². The summed E-state index contributed by atoms with van der Waals surface area (Å²) in [4.78, 5) is 4.08. The number of pyridine rings is 1. The summed E-state index contributed by atoms with van der Waals surface area (Å²) in [5.41, 5.74) is 0.992. The number of nitrogens with zero attached hydrogens (tertiary/aromatic N) is 1. The largest absolute Gasteiger partial charge is 0.464 e. The minimum Gasteiger partial charge on any atom is -0.464 e. The van der Waals surface area contributed by atoms with Crippen LogP contribution in [0.25, 0.3) is 11.3 Å². The van der Waals surface area contributed by atoms with Gasteiger partial charge < -0.3 is 4.42 Å². The molecule has 0 aromatic carbocycles. The predicted molar refractivity (Wildman–Crippen MR) is 57.3 cm³/mol. The molecule has 13 heavy (non-hydrogen) atoms. The number of halogens is 2. The highest BCUT2D eigenvalue weighted by molar-refractivity contribution is 9.13. The van der Waals surface area contributed by atoms with Gasteiger partial charge in [0.15, 0.2) is 0 Å². The molecule has 0 amide bonds. The van der Waals surface area contributed by atoms with E-state index in [9.17, 15) is 0 Å². The molecule has 0 fully saturated rings. The molecule has 0 atom stereocenters. The summed E-state index contributed by atoms with van der Waals surface area (Å²) in [6, 6.07) is 5.66. The van der Waals surface area contributed by atoms with Crippen molar-refractivity contribution in [3.8, 4) is 11.3 Å². The van der Waals surface area contributed by atoms with E-state index >= 15 is 0 Å². The second kappa shape index (κ2) is 3.64. The zero-order valence-corrected chi connectivity index (χ0v) is 9.67. The highest BCUT2D eigenvalue weighted by Crippen LogP contribution is 2.32. The molecule has 0 aliphatic carbocycles. The minimum absolute atomic E-state index is 0.779. The van der Waals surface area contributed by atoms with Gasteiger partial charge in [0.25, 0.3) is 0 Å². The molecular weight excluding hydrogens is 298 g/mol. The first-order chi connectivity index (χ1) is 6.29. The van der Waals surface area contributed by atoms with E-state index in [0.717, 1.165) is 20.4 Å². The van der Waals surface area contributed by atoms with Crippen molar-refractivity contribution in [3.05, 3.63) is 39.7 Å². The SMILES string of the molecule is Brc1nccc(-c2ccco2)c1Br. The molecule has 0 aliphatic rings. The van der Waals surface area contributed by atoms with Gasteiger partial charge in [-0.1, -0.05) is 0 Å². The molecule has 0 N–H and O–H groups in total. The van der Waals surface area contributed by atoms with Crippen LogP contribution in [0, 0.1) is 0 Å². The van der Waals surface area contributed by atoms with Crippen molar-refractivity contribution in [3.63, 3.8) is 0 Å². The number of rotatable bonds is 1. The lowest BCUT2D eigenvalue weighted by atomic mass is 10.2. The van der Waals surface area contributed by atoms with Crippen LogP contribution in [0.15, 0.2) is 44.2 Å². The van der Waals surface area contributed by atoms with E-state index in [-0.39, 0.29) is 0 Å². The fourth-order valence-electron chi connectivity index (χ4n) is 1.04. The van der Waals surface area contributed by atoms with Crippen molar-refractivity contribution in [2.75, 3.05) is 0 Å². The van der Waals surface area contributed by atoms with Gasteiger partial charge in [-0.15, -0.1) is 0 Å². The summed E-state index contributed by atoms with van der Waals surface area (Å²) in [6.45, 7) is 0. The molecule has 2 heterocycles. The molecule has 2 aromatic rings. The highest BCUT2D eigenvalue weighted by Gasteiger charge is 2.08. The van der Waals surface area contributed by atoms with Gasteiger partial charge in [-0.3, -0.25) is 0 Å². The Hall–Kier alpha value is -0.610. The first-order valence-corrected chi connectivity index (χ1v) is 5.21. The average Bonchev–Trinajstić information content (AvgIpc) is 2.62. The normalized spacial score (nSPS) is 10.3. The third-order valence-corrected chi connectivity index (χ3v) is 3.57. The van der Waals surface area contributed by atoms with Crippen molar-refractivity contribution in [1.29, 1.82) is 0 Å². The minimum atomic E-state index is 0.779. The first-order valence-electron chi connectivity index (χ1n) is 3.63. The van der Waals surface area contributed by atoms with E-state index in [4.69, 9.17) is 4.42 Å². The number of furan rings is 1. The van der Waals surface area contributed by atoms with Crippen molar-refractivity contribution in [1.82, 2.24) is 4.98 Å². The summed E-state index contributed by atoms with van der Waals surface area (Å²) in [5.74, 6) is 0.829. The van der Waals surface area contributed by atoms with E-state index in [1.54, 1.807) is 12.5 Å². The lowest BCUT2D eigenvalue weighted by Crippen LogP contribution is -1.81. The van der Waals surface area contributed by atoms with Gasteiger partial charge in [-0.2, -0.15) is 0 Å². The van der Waals surface area contributed by atoms with E-state index in [1.165, 1.54) is 0 Å². The summed E-state index contributed by atoms with van der Waals surface area (Å²) < 4.78 is 6.96. The topological polar surface area (TPSA) is 26.0 Å². The van der Waals surface area contributed by atoms with Crippen LogP contribution in [-0.4, -0.2) is 4.98 Å². The Kier molecular flexibility index (Phi) is 2.51. The highest BCUT2D eigenvalue weighted by atomic mass is 79.9. The van der Waals surface area contributed by atoms with Crippen molar-refractivity contribution < 1.29 is 4.42 Å². The Balaban J connectivity index is 2.59. The molecule has 0 radical (unpaired) electrons. The van der Waals surface area contributed by atoms with Gasteiger partial charge in [-0.05, 0) is 50.1 Å². The van der Waals surface area contributed by atoms with Gasteiger partial charge in [0.1, 0.15) is 10.4 Å². The summed E-state index contributed by atoms with van der Waals surface area (Å²) >= 11 is 6.76. The Bertz CT molecular complexity index is 412. The smallest absolute Gasteiger partial charge is 0.135 e. The zero-order chi connectivity index (χ0) is 9.26. The van der Waals surface area contributed by atoms with Gasteiger partial charge in [0.2, 0.25) is 0 Å². The molecule has 0 aliphatic heterocycles. The van der Waals surface area contributed by atoms with Crippen LogP contribution in [0.1, 0.15) is 0 Å². The Morgan fingerprint density at radius 1 is 1.23 bits per heavy atom. The van der Waals surface area contributed by atoms with Crippen LogP contribution in [0.2, 0.25) is 0 Å². The van der Waals surface area contributed by atoms with Crippen molar-refractivity contribution in [2.45, 2.75) is 0 Å². The quantitative estimate of drug-likeness (QED) is 0.748. The summed E-state index contributed by atoms with van der Waals surface area (Å²) in [6.07, 6.45) is 3.38. The standard InChI is InChI=1S/C9H5Br2NO/c10-8-6(3-4-12-9(8)11)7-2-1-5-13-7/h1-5H. The van der Waals surface area contributed by atoms with Crippen LogP contribution in [0.3, 0.4) is 0 Å². The predicted octanol–water partition coefficient (Wildman–Crippen LogP) is 3.87. The van der Waals surface area contributed by atoms with Crippen LogP contribution >= 0.6 is 31.9 Å². The first kappa shape index (κ1) is 8.97. The molecule has 66 valence electrons. The second-order valence-corrected chi connectivity index (χ2v) is 3.98. The molecular formula is C9H5Br2NO. The van der Waals surface area contributed by atoms with Crippen LogP contribution in [0.4, 0.5) is 0 Å². The van der Waals surface area contributed by atoms with Gasteiger partial charge in [-0.25, -0.2) is 4.98 Å². The molecule has 0 spiro atoms. The van der Waals surface area contributed by atoms with Gasteiger partial charge in [0, 0.05) is 11.8 Å². The van der Waals surface area contributed by atoms with Crippen molar-refractivity contribution in [2.24, 2.45) is 0 Å². The lowest BCUT2D eigenvalue weighted by Gasteiger charge is -2.01. The third-order valence-electron chi connectivity index (χ3n) is 1.63. The van der Waals surface area contributed by atoms with Gasteiger partial charge >= 0.3 is 0 Å². The lowest BCUT2D eigenvalue weighted by molar-refractivity contribution is 0.582. The average molecular weight is 303 g/mol. The molecule has 2 nitrogen and oxygen atoms in total. The fourth-order valence-corrected chi connectivity index (χ4v) is 1.80. The third kappa shape index (κ3) is 1.69. The van der Waals surface area contributed by atoms with Crippen molar-refractivity contribution >= 4 is 31.9 Å². The monoisotopic (exact) mass is 301 g/mol. The van der Waals surface area contributed by atoms with Crippen LogP contribution in [-0.2, 0) is 0 Å². The number of hydrogen-bond donors (Lipinski definition) is 0. The molecule has 2 rings (SSSR count). The molecule has 0 saturated carbocycles. The maximum atomic E-state index is 5.28. The Labute approximate surface area is 92.2 Å². The summed E-state index contributed by atoms with van der Waals surface area (Å²) in [7, 11) is 0. The fraction of sp³-hybridized carbons (Fsp3) is 0. The molecule has 4 heteroatoms. The number of hydrogen-bond acceptors (Lipinski definition) is 2. The van der Waals surface area contributed by atoms with Gasteiger partial charge in [0.05, 0.1) is 10.7 Å². The Morgan fingerprint density at radius 3 is 2.77 bits per heavy atom. The van der Waals surface area contributed by atoms with Crippen LogP contribution < -0.4 is 0 Å². The molecule has 0 unspecified atom stereocenters. The molecule has 0 saturated heterocycles. The molecule has 0 bridgehead atoms. The zero-order valence-electron chi connectivity index (χ0n) is 6.50. The maximum absolute atomic E-state index is 5.28. The van der Waals surface area contributed by atoms with Crippen LogP contribution in [0.5, 0.6) is 0 Å². The maximum Gasteiger partial charge on any atom is 0.135 e.